The number of aromatic nitrogens is 2. The maximum absolute atomic E-state index is 11.6. The minimum absolute atomic E-state index is 0.177. The largest absolute Gasteiger partial charge is 0.481 e. The highest BCUT2D eigenvalue weighted by atomic mass is 35.5. The first-order chi connectivity index (χ1) is 11.1. The van der Waals surface area contributed by atoms with Crippen molar-refractivity contribution in [2.24, 2.45) is 5.92 Å². The summed E-state index contributed by atoms with van der Waals surface area (Å²) < 4.78 is 9.90. The molecule has 0 aromatic carbocycles. The number of carbonyl (C=O) groups is 1. The van der Waals surface area contributed by atoms with Gasteiger partial charge >= 0.3 is 5.97 Å². The molecule has 0 radical (unpaired) electrons. The summed E-state index contributed by atoms with van der Waals surface area (Å²) in [6.07, 6.45) is 2.40. The molecule has 3 rings (SSSR count). The molecule has 2 atom stereocenters. The molecular weight excluding hydrogens is 320 g/mol. The number of esters is 1. The summed E-state index contributed by atoms with van der Waals surface area (Å²) in [4.78, 5) is 24.0. The van der Waals surface area contributed by atoms with Gasteiger partial charge in [-0.25, -0.2) is 4.98 Å². The van der Waals surface area contributed by atoms with Gasteiger partial charge < -0.3 is 14.4 Å². The number of nitrogens with zero attached hydrogens (tertiary/aromatic N) is 4. The molecule has 0 bridgehead atoms. The van der Waals surface area contributed by atoms with E-state index in [9.17, 15) is 4.79 Å². The molecule has 1 aromatic heterocycles. The molecule has 0 unspecified atom stereocenters. The fourth-order valence-corrected chi connectivity index (χ4v) is 3.30. The fourth-order valence-electron chi connectivity index (χ4n) is 2.97. The van der Waals surface area contributed by atoms with Crippen molar-refractivity contribution in [3.8, 4) is 5.88 Å². The van der Waals surface area contributed by atoms with Crippen molar-refractivity contribution in [3.63, 3.8) is 0 Å². The zero-order chi connectivity index (χ0) is 16.4. The Kier molecular flexibility index (Phi) is 4.59. The van der Waals surface area contributed by atoms with E-state index in [1.54, 1.807) is 19.4 Å². The zero-order valence-electron chi connectivity index (χ0n) is 13.4. The second-order valence-corrected chi connectivity index (χ2v) is 6.62. The average molecular weight is 341 g/mol. The molecule has 2 heterocycles. The third-order valence-electron chi connectivity index (χ3n) is 4.52. The molecule has 1 aromatic rings. The zero-order valence-corrected chi connectivity index (χ0v) is 14.1. The molecule has 0 spiro atoms. The molecule has 0 N–H and O–H groups in total. The van der Waals surface area contributed by atoms with Crippen LogP contribution in [0.4, 0.5) is 5.95 Å². The number of hydrogen-bond donors (Lipinski definition) is 0. The maximum Gasteiger partial charge on any atom is 0.327 e. The van der Waals surface area contributed by atoms with Crippen molar-refractivity contribution < 1.29 is 14.3 Å². The first kappa shape index (κ1) is 16.3. The highest BCUT2D eigenvalue weighted by Gasteiger charge is 2.60. The minimum Gasteiger partial charge on any atom is -0.481 e. The first-order valence-corrected chi connectivity index (χ1v) is 8.06. The standard InChI is InChI=1S/C15H21ClN4O3/c1-22-12-3-4-17-14(18-12)20-7-5-19(6-8-20)10-11-9-15(11,16)13(21)23-2/h3-4,11H,5-10H2,1-2H3/t11-,15-/m1/s1. The lowest BCUT2D eigenvalue weighted by Gasteiger charge is -2.34. The molecule has 1 saturated carbocycles. The molecule has 7 nitrogen and oxygen atoms in total. The van der Waals surface area contributed by atoms with Crippen molar-refractivity contribution in [1.29, 1.82) is 0 Å². The SMILES string of the molecule is COC(=O)[C@@]1(Cl)C[C@@H]1CN1CCN(c2nccc(OC)n2)CC1. The normalized spacial score (nSPS) is 27.6. The van der Waals surface area contributed by atoms with E-state index in [1.807, 2.05) is 0 Å². The van der Waals surface area contributed by atoms with E-state index in [0.29, 0.717) is 18.2 Å². The van der Waals surface area contributed by atoms with Crippen LogP contribution in [0, 0.1) is 5.92 Å². The molecule has 1 aliphatic carbocycles. The molecule has 8 heteroatoms. The van der Waals surface area contributed by atoms with Gasteiger partial charge in [-0.1, -0.05) is 0 Å². The van der Waals surface area contributed by atoms with Crippen LogP contribution in [0.1, 0.15) is 6.42 Å². The van der Waals surface area contributed by atoms with Crippen LogP contribution in [-0.2, 0) is 9.53 Å². The number of anilines is 1. The van der Waals surface area contributed by atoms with Crippen LogP contribution in [0.2, 0.25) is 0 Å². The molecule has 23 heavy (non-hydrogen) atoms. The van der Waals surface area contributed by atoms with Crippen LogP contribution in [0.15, 0.2) is 12.3 Å². The van der Waals surface area contributed by atoms with Crippen LogP contribution < -0.4 is 9.64 Å². The van der Waals surface area contributed by atoms with Gasteiger partial charge in [0.2, 0.25) is 11.8 Å². The van der Waals surface area contributed by atoms with Crippen molar-refractivity contribution in [3.05, 3.63) is 12.3 Å². The van der Waals surface area contributed by atoms with Crippen molar-refractivity contribution in [2.45, 2.75) is 11.3 Å². The summed E-state index contributed by atoms with van der Waals surface area (Å²) in [6.45, 7) is 4.29. The molecule has 2 fully saturated rings. The molecule has 0 amide bonds. The second-order valence-electron chi connectivity index (χ2n) is 5.94. The number of carbonyl (C=O) groups excluding carboxylic acids is 1. The van der Waals surface area contributed by atoms with Gasteiger partial charge in [0.05, 0.1) is 14.2 Å². The number of alkyl halides is 1. The van der Waals surface area contributed by atoms with Crippen LogP contribution in [0.5, 0.6) is 5.88 Å². The third-order valence-corrected chi connectivity index (χ3v) is 5.13. The van der Waals surface area contributed by atoms with E-state index in [0.717, 1.165) is 32.7 Å². The number of rotatable bonds is 5. The number of hydrogen-bond acceptors (Lipinski definition) is 7. The van der Waals surface area contributed by atoms with Crippen molar-refractivity contribution >= 4 is 23.5 Å². The van der Waals surface area contributed by atoms with Crippen LogP contribution in [0.3, 0.4) is 0 Å². The number of ether oxygens (including phenoxy) is 2. The van der Waals surface area contributed by atoms with Gasteiger partial charge in [0, 0.05) is 50.9 Å². The van der Waals surface area contributed by atoms with Gasteiger partial charge in [-0.3, -0.25) is 9.69 Å². The first-order valence-electron chi connectivity index (χ1n) is 7.68. The van der Waals surface area contributed by atoms with Gasteiger partial charge in [0.1, 0.15) is 4.87 Å². The predicted octanol–water partition coefficient (Wildman–Crippen LogP) is 0.778. The Balaban J connectivity index is 1.50. The van der Waals surface area contributed by atoms with E-state index in [1.165, 1.54) is 7.11 Å². The lowest BCUT2D eigenvalue weighted by molar-refractivity contribution is -0.141. The van der Waals surface area contributed by atoms with Gasteiger partial charge in [-0.2, -0.15) is 4.98 Å². The van der Waals surface area contributed by atoms with Gasteiger partial charge in [0.15, 0.2) is 0 Å². The van der Waals surface area contributed by atoms with Crippen LogP contribution in [0.25, 0.3) is 0 Å². The Morgan fingerprint density at radius 1 is 1.39 bits per heavy atom. The van der Waals surface area contributed by atoms with Crippen molar-refractivity contribution in [2.75, 3.05) is 51.8 Å². The summed E-state index contributed by atoms with van der Waals surface area (Å²) in [5.41, 5.74) is 0. The summed E-state index contributed by atoms with van der Waals surface area (Å²) in [7, 11) is 2.98. The molecule has 126 valence electrons. The Hall–Kier alpha value is -1.60. The lowest BCUT2D eigenvalue weighted by Crippen LogP contribution is -2.48. The summed E-state index contributed by atoms with van der Waals surface area (Å²) >= 11 is 6.29. The number of piperazine rings is 1. The monoisotopic (exact) mass is 340 g/mol. The second kappa shape index (κ2) is 6.49. The average Bonchev–Trinajstić information content (AvgIpc) is 3.25. The Labute approximate surface area is 140 Å². The van der Waals surface area contributed by atoms with Crippen LogP contribution in [-0.4, -0.2) is 72.7 Å². The number of methoxy groups -OCH3 is 2. The Morgan fingerprint density at radius 2 is 2.13 bits per heavy atom. The van der Waals surface area contributed by atoms with E-state index in [2.05, 4.69) is 19.8 Å². The highest BCUT2D eigenvalue weighted by molar-refractivity contribution is 6.36. The van der Waals surface area contributed by atoms with E-state index in [4.69, 9.17) is 21.1 Å². The van der Waals surface area contributed by atoms with Crippen LogP contribution >= 0.6 is 11.6 Å². The molecule has 1 saturated heterocycles. The van der Waals surface area contributed by atoms with Gasteiger partial charge in [-0.15, -0.1) is 11.6 Å². The summed E-state index contributed by atoms with van der Waals surface area (Å²) in [5, 5.41) is 0. The topological polar surface area (TPSA) is 67.8 Å². The fraction of sp³-hybridized carbons (Fsp3) is 0.667. The maximum atomic E-state index is 11.6. The van der Waals surface area contributed by atoms with E-state index >= 15 is 0 Å². The molecule has 2 aliphatic rings. The van der Waals surface area contributed by atoms with Crippen molar-refractivity contribution in [1.82, 2.24) is 14.9 Å². The smallest absolute Gasteiger partial charge is 0.327 e. The molecular formula is C15H21ClN4O3. The minimum atomic E-state index is -0.804. The van der Waals surface area contributed by atoms with Gasteiger partial charge in [-0.05, 0) is 6.42 Å². The summed E-state index contributed by atoms with van der Waals surface area (Å²) in [5.74, 6) is 1.13. The van der Waals surface area contributed by atoms with E-state index < -0.39 is 4.87 Å². The Bertz CT molecular complexity index is 580. The van der Waals surface area contributed by atoms with E-state index in [-0.39, 0.29) is 11.9 Å². The predicted molar refractivity (Wildman–Crippen MR) is 85.9 cm³/mol. The highest BCUT2D eigenvalue weighted by Crippen LogP contribution is 2.50. The number of halogens is 1. The third kappa shape index (κ3) is 3.35. The molecule has 1 aliphatic heterocycles. The Morgan fingerprint density at radius 3 is 2.78 bits per heavy atom. The lowest BCUT2D eigenvalue weighted by atomic mass is 10.2. The summed E-state index contributed by atoms with van der Waals surface area (Å²) in [6, 6.07) is 1.74. The quantitative estimate of drug-likeness (QED) is 0.579. The van der Waals surface area contributed by atoms with Gasteiger partial charge in [0.25, 0.3) is 0 Å².